The molecular weight excluding hydrogens is 234 g/mol. The van der Waals surface area contributed by atoms with E-state index in [1.54, 1.807) is 23.7 Å². The van der Waals surface area contributed by atoms with Gasteiger partial charge in [0.25, 0.3) is 5.69 Å². The third kappa shape index (κ3) is 2.15. The number of nitrogens with two attached hydrogens (primary N) is 1. The van der Waals surface area contributed by atoms with Crippen LogP contribution in [0.1, 0.15) is 17.2 Å². The number of nitrogens with zero attached hydrogens (tertiary/aromatic N) is 4. The Morgan fingerprint density at radius 3 is 2.72 bits per heavy atom. The van der Waals surface area contributed by atoms with E-state index in [4.69, 9.17) is 5.73 Å². The van der Waals surface area contributed by atoms with Gasteiger partial charge in [0.2, 0.25) is 0 Å². The zero-order chi connectivity index (χ0) is 13.3. The van der Waals surface area contributed by atoms with Gasteiger partial charge in [-0.3, -0.25) is 10.1 Å². The summed E-state index contributed by atoms with van der Waals surface area (Å²) in [6.07, 6.45) is 0. The van der Waals surface area contributed by atoms with Crippen LogP contribution in [0.2, 0.25) is 0 Å². The number of para-hydroxylation sites is 1. The van der Waals surface area contributed by atoms with Crippen molar-refractivity contribution >= 4 is 11.4 Å². The van der Waals surface area contributed by atoms with Crippen molar-refractivity contribution in [3.8, 4) is 0 Å². The Hall–Kier alpha value is -2.44. The first-order valence-corrected chi connectivity index (χ1v) is 5.39. The van der Waals surface area contributed by atoms with E-state index in [9.17, 15) is 10.1 Å². The minimum absolute atomic E-state index is 0.0815. The minimum atomic E-state index is -0.488. The van der Waals surface area contributed by atoms with Crippen LogP contribution in [0.3, 0.4) is 0 Å². The molecule has 0 aliphatic heterocycles. The van der Waals surface area contributed by atoms with Gasteiger partial charge in [-0.05, 0) is 13.8 Å². The maximum absolute atomic E-state index is 10.8. The molecule has 2 rings (SSSR count). The highest BCUT2D eigenvalue weighted by molar-refractivity contribution is 5.62. The van der Waals surface area contributed by atoms with Gasteiger partial charge in [-0.1, -0.05) is 12.1 Å². The first kappa shape index (κ1) is 12.0. The Balaban J connectivity index is 2.38. The SMILES string of the molecule is Cc1nc(C)n(Cc2cccc([N+](=O)[O-])c2N)n1. The largest absolute Gasteiger partial charge is 0.393 e. The highest BCUT2D eigenvalue weighted by Gasteiger charge is 2.15. The minimum Gasteiger partial charge on any atom is -0.393 e. The Bertz CT molecular complexity index is 605. The smallest absolute Gasteiger partial charge is 0.292 e. The third-order valence-corrected chi connectivity index (χ3v) is 2.65. The molecule has 0 unspecified atom stereocenters. The van der Waals surface area contributed by atoms with E-state index < -0.39 is 4.92 Å². The summed E-state index contributed by atoms with van der Waals surface area (Å²) in [5, 5.41) is 15.0. The molecule has 1 aromatic carbocycles. The normalized spacial score (nSPS) is 10.6. The molecule has 1 aromatic heterocycles. The van der Waals surface area contributed by atoms with Crippen molar-refractivity contribution in [2.45, 2.75) is 20.4 Å². The fraction of sp³-hybridized carbons (Fsp3) is 0.273. The number of benzene rings is 1. The number of nitrogen functional groups attached to an aromatic ring is 1. The molecule has 0 aliphatic rings. The second-order valence-corrected chi connectivity index (χ2v) is 3.97. The molecule has 18 heavy (non-hydrogen) atoms. The van der Waals surface area contributed by atoms with Crippen molar-refractivity contribution in [3.05, 3.63) is 45.5 Å². The molecular formula is C11H13N5O2. The average molecular weight is 247 g/mol. The highest BCUT2D eigenvalue weighted by Crippen LogP contribution is 2.25. The Morgan fingerprint density at radius 1 is 1.44 bits per heavy atom. The molecule has 0 amide bonds. The number of nitro groups is 1. The molecule has 7 nitrogen and oxygen atoms in total. The zero-order valence-corrected chi connectivity index (χ0v) is 10.1. The van der Waals surface area contributed by atoms with E-state index in [2.05, 4.69) is 10.1 Å². The monoisotopic (exact) mass is 247 g/mol. The maximum atomic E-state index is 10.8. The second kappa shape index (κ2) is 4.44. The van der Waals surface area contributed by atoms with E-state index in [1.165, 1.54) is 6.07 Å². The lowest BCUT2D eigenvalue weighted by molar-refractivity contribution is -0.383. The molecule has 0 aliphatic carbocycles. The van der Waals surface area contributed by atoms with Gasteiger partial charge in [-0.25, -0.2) is 9.67 Å². The Labute approximate surface area is 103 Å². The summed E-state index contributed by atoms with van der Waals surface area (Å²) in [4.78, 5) is 14.5. The Kier molecular flexibility index (Phi) is 2.97. The third-order valence-electron chi connectivity index (χ3n) is 2.65. The van der Waals surface area contributed by atoms with Crippen molar-refractivity contribution in [1.82, 2.24) is 14.8 Å². The molecule has 94 valence electrons. The van der Waals surface area contributed by atoms with Gasteiger partial charge in [0.1, 0.15) is 17.3 Å². The molecule has 2 aromatic rings. The number of anilines is 1. The van der Waals surface area contributed by atoms with Gasteiger partial charge < -0.3 is 5.73 Å². The first-order valence-electron chi connectivity index (χ1n) is 5.39. The average Bonchev–Trinajstić information content (AvgIpc) is 2.60. The number of hydrogen-bond donors (Lipinski definition) is 1. The van der Waals surface area contributed by atoms with Crippen molar-refractivity contribution in [2.75, 3.05) is 5.73 Å². The van der Waals surface area contributed by atoms with Crippen LogP contribution in [0.15, 0.2) is 18.2 Å². The zero-order valence-electron chi connectivity index (χ0n) is 10.1. The summed E-state index contributed by atoms with van der Waals surface area (Å²) in [5.74, 6) is 1.41. The molecule has 0 saturated carbocycles. The first-order chi connectivity index (χ1) is 8.49. The van der Waals surface area contributed by atoms with E-state index in [-0.39, 0.29) is 11.4 Å². The van der Waals surface area contributed by atoms with E-state index in [0.29, 0.717) is 17.9 Å². The molecule has 0 fully saturated rings. The molecule has 2 N–H and O–H groups in total. The van der Waals surface area contributed by atoms with Crippen LogP contribution >= 0.6 is 0 Å². The molecule has 0 bridgehead atoms. The van der Waals surface area contributed by atoms with Gasteiger partial charge in [0.15, 0.2) is 0 Å². The lowest BCUT2D eigenvalue weighted by Gasteiger charge is -2.06. The van der Waals surface area contributed by atoms with E-state index in [0.717, 1.165) is 5.82 Å². The molecule has 0 atom stereocenters. The predicted molar refractivity (Wildman–Crippen MR) is 66.1 cm³/mol. The van der Waals surface area contributed by atoms with E-state index in [1.807, 2.05) is 6.92 Å². The van der Waals surface area contributed by atoms with E-state index >= 15 is 0 Å². The number of rotatable bonds is 3. The second-order valence-electron chi connectivity index (χ2n) is 3.97. The van der Waals surface area contributed by atoms with Crippen molar-refractivity contribution < 1.29 is 4.92 Å². The van der Waals surface area contributed by atoms with Crippen LogP contribution < -0.4 is 5.73 Å². The summed E-state index contributed by atoms with van der Waals surface area (Å²) < 4.78 is 1.67. The number of nitro benzene ring substituents is 1. The number of aryl methyl sites for hydroxylation is 2. The highest BCUT2D eigenvalue weighted by atomic mass is 16.6. The van der Waals surface area contributed by atoms with Gasteiger partial charge in [0.05, 0.1) is 11.5 Å². The fourth-order valence-corrected chi connectivity index (χ4v) is 1.77. The summed E-state index contributed by atoms with van der Waals surface area (Å²) in [6, 6.07) is 4.75. The molecule has 1 heterocycles. The summed E-state index contributed by atoms with van der Waals surface area (Å²) in [7, 11) is 0. The Morgan fingerprint density at radius 2 is 2.17 bits per heavy atom. The lowest BCUT2D eigenvalue weighted by Crippen LogP contribution is -2.08. The van der Waals surface area contributed by atoms with Crippen LogP contribution in [0.5, 0.6) is 0 Å². The van der Waals surface area contributed by atoms with Crippen LogP contribution in [0.25, 0.3) is 0 Å². The van der Waals surface area contributed by atoms with Gasteiger partial charge in [-0.2, -0.15) is 5.10 Å². The molecule has 7 heteroatoms. The van der Waals surface area contributed by atoms with Crippen LogP contribution in [-0.2, 0) is 6.54 Å². The van der Waals surface area contributed by atoms with Crippen molar-refractivity contribution in [2.24, 2.45) is 0 Å². The number of hydrogen-bond acceptors (Lipinski definition) is 5. The van der Waals surface area contributed by atoms with Crippen molar-refractivity contribution in [1.29, 1.82) is 0 Å². The molecule has 0 saturated heterocycles. The standard InChI is InChI=1S/C11H13N5O2/c1-7-13-8(2)15(14-7)6-9-4-3-5-10(11(9)12)16(17)18/h3-5H,6,12H2,1-2H3. The quantitative estimate of drug-likeness (QED) is 0.502. The summed E-state index contributed by atoms with van der Waals surface area (Å²) >= 11 is 0. The molecule has 0 spiro atoms. The summed E-state index contributed by atoms with van der Waals surface area (Å²) in [6.45, 7) is 3.99. The van der Waals surface area contributed by atoms with Gasteiger partial charge in [0, 0.05) is 11.6 Å². The van der Waals surface area contributed by atoms with Crippen LogP contribution in [0.4, 0.5) is 11.4 Å². The molecule has 0 radical (unpaired) electrons. The maximum Gasteiger partial charge on any atom is 0.292 e. The topological polar surface area (TPSA) is 99.9 Å². The lowest BCUT2D eigenvalue weighted by atomic mass is 10.1. The van der Waals surface area contributed by atoms with Crippen LogP contribution in [-0.4, -0.2) is 19.7 Å². The number of aromatic nitrogens is 3. The predicted octanol–water partition coefficient (Wildman–Crippen LogP) is 1.43. The van der Waals surface area contributed by atoms with Crippen LogP contribution in [0, 0.1) is 24.0 Å². The summed E-state index contributed by atoms with van der Waals surface area (Å²) in [5.41, 5.74) is 6.54. The van der Waals surface area contributed by atoms with Crippen molar-refractivity contribution in [3.63, 3.8) is 0 Å². The fourth-order valence-electron chi connectivity index (χ4n) is 1.77. The van der Waals surface area contributed by atoms with Gasteiger partial charge >= 0.3 is 0 Å². The van der Waals surface area contributed by atoms with Gasteiger partial charge in [-0.15, -0.1) is 0 Å².